The van der Waals surface area contributed by atoms with Crippen molar-refractivity contribution in [2.24, 2.45) is 11.7 Å². The Labute approximate surface area is 123 Å². The predicted molar refractivity (Wildman–Crippen MR) is 84.7 cm³/mol. The fourth-order valence-electron chi connectivity index (χ4n) is 3.22. The highest BCUT2D eigenvalue weighted by Crippen LogP contribution is 2.35. The van der Waals surface area contributed by atoms with Gasteiger partial charge in [0.15, 0.2) is 0 Å². The zero-order chi connectivity index (χ0) is 14.6. The van der Waals surface area contributed by atoms with E-state index >= 15 is 0 Å². The number of hydrogen-bond donors (Lipinski definition) is 1. The van der Waals surface area contributed by atoms with Crippen molar-refractivity contribution in [2.45, 2.75) is 64.6 Å². The monoisotopic (exact) mass is 275 g/mol. The van der Waals surface area contributed by atoms with E-state index in [4.69, 9.17) is 10.5 Å². The molecule has 2 atom stereocenters. The van der Waals surface area contributed by atoms with Gasteiger partial charge in [-0.05, 0) is 35.8 Å². The lowest BCUT2D eigenvalue weighted by atomic mass is 9.79. The fraction of sp³-hybridized carbons (Fsp3) is 0.667. The van der Waals surface area contributed by atoms with Crippen LogP contribution in [0, 0.1) is 5.92 Å². The lowest BCUT2D eigenvalue weighted by Crippen LogP contribution is -2.44. The van der Waals surface area contributed by atoms with E-state index < -0.39 is 0 Å². The topological polar surface area (TPSA) is 35.2 Å². The van der Waals surface area contributed by atoms with Crippen LogP contribution >= 0.6 is 0 Å². The van der Waals surface area contributed by atoms with Crippen molar-refractivity contribution >= 4 is 0 Å². The molecule has 1 aliphatic rings. The molecule has 2 heteroatoms. The van der Waals surface area contributed by atoms with E-state index in [9.17, 15) is 0 Å². The molecule has 0 aromatic heterocycles. The van der Waals surface area contributed by atoms with Gasteiger partial charge in [0.1, 0.15) is 0 Å². The molecule has 0 aliphatic heterocycles. The van der Waals surface area contributed by atoms with Crippen LogP contribution in [0.5, 0.6) is 0 Å². The Bertz CT molecular complexity index is 412. The second-order valence-electron chi connectivity index (χ2n) is 6.77. The SMILES string of the molecule is CC1CCCC(CN)(OCc2ccc(C(C)C)cc2)C1. The van der Waals surface area contributed by atoms with Gasteiger partial charge in [0.25, 0.3) is 0 Å². The van der Waals surface area contributed by atoms with Crippen LogP contribution in [0.25, 0.3) is 0 Å². The van der Waals surface area contributed by atoms with Gasteiger partial charge in [0.05, 0.1) is 12.2 Å². The maximum Gasteiger partial charge on any atom is 0.0811 e. The molecular weight excluding hydrogens is 246 g/mol. The van der Waals surface area contributed by atoms with E-state index in [1.165, 1.54) is 24.0 Å². The number of nitrogens with two attached hydrogens (primary N) is 1. The zero-order valence-corrected chi connectivity index (χ0v) is 13.2. The van der Waals surface area contributed by atoms with Gasteiger partial charge >= 0.3 is 0 Å². The van der Waals surface area contributed by atoms with Crippen molar-refractivity contribution in [2.75, 3.05) is 6.54 Å². The summed E-state index contributed by atoms with van der Waals surface area (Å²) in [4.78, 5) is 0. The smallest absolute Gasteiger partial charge is 0.0811 e. The minimum absolute atomic E-state index is 0.0889. The van der Waals surface area contributed by atoms with Crippen LogP contribution in [0.1, 0.15) is 63.5 Å². The summed E-state index contributed by atoms with van der Waals surface area (Å²) in [7, 11) is 0. The summed E-state index contributed by atoms with van der Waals surface area (Å²) in [5.41, 5.74) is 8.55. The van der Waals surface area contributed by atoms with Crippen molar-refractivity contribution in [1.29, 1.82) is 0 Å². The molecule has 1 saturated carbocycles. The third-order valence-corrected chi connectivity index (χ3v) is 4.61. The average molecular weight is 275 g/mol. The van der Waals surface area contributed by atoms with Crippen molar-refractivity contribution in [1.82, 2.24) is 0 Å². The molecule has 2 nitrogen and oxygen atoms in total. The molecule has 2 N–H and O–H groups in total. The van der Waals surface area contributed by atoms with Gasteiger partial charge in [0, 0.05) is 6.54 Å². The van der Waals surface area contributed by atoms with Gasteiger partial charge in [-0.2, -0.15) is 0 Å². The summed E-state index contributed by atoms with van der Waals surface area (Å²) in [6.45, 7) is 8.07. The molecule has 0 amide bonds. The number of ether oxygens (including phenoxy) is 1. The molecule has 20 heavy (non-hydrogen) atoms. The molecule has 1 aromatic carbocycles. The number of benzene rings is 1. The molecule has 0 radical (unpaired) electrons. The van der Waals surface area contributed by atoms with E-state index in [1.54, 1.807) is 0 Å². The summed E-state index contributed by atoms with van der Waals surface area (Å²) in [5.74, 6) is 1.31. The summed E-state index contributed by atoms with van der Waals surface area (Å²) in [6, 6.07) is 8.79. The molecule has 1 fully saturated rings. The van der Waals surface area contributed by atoms with Crippen LogP contribution in [-0.2, 0) is 11.3 Å². The van der Waals surface area contributed by atoms with Crippen LogP contribution < -0.4 is 5.73 Å². The predicted octanol–water partition coefficient (Wildman–Crippen LogP) is 4.23. The maximum absolute atomic E-state index is 6.25. The van der Waals surface area contributed by atoms with Crippen molar-refractivity contribution in [3.8, 4) is 0 Å². The van der Waals surface area contributed by atoms with Gasteiger partial charge in [-0.15, -0.1) is 0 Å². The Morgan fingerprint density at radius 2 is 2.00 bits per heavy atom. The molecular formula is C18H29NO. The van der Waals surface area contributed by atoms with Gasteiger partial charge in [-0.3, -0.25) is 0 Å². The number of hydrogen-bond acceptors (Lipinski definition) is 2. The first-order valence-corrected chi connectivity index (χ1v) is 7.97. The normalized spacial score (nSPS) is 26.9. The second kappa shape index (κ2) is 6.73. The first-order chi connectivity index (χ1) is 9.54. The Kier molecular flexibility index (Phi) is 5.22. The van der Waals surface area contributed by atoms with Crippen LogP contribution in [0.2, 0.25) is 0 Å². The summed E-state index contributed by atoms with van der Waals surface area (Å²) < 4.78 is 6.25. The molecule has 2 unspecified atom stereocenters. The molecule has 0 heterocycles. The molecule has 1 aliphatic carbocycles. The van der Waals surface area contributed by atoms with E-state index in [0.29, 0.717) is 19.1 Å². The lowest BCUT2D eigenvalue weighted by molar-refractivity contribution is -0.0840. The minimum atomic E-state index is -0.0889. The van der Waals surface area contributed by atoms with E-state index in [-0.39, 0.29) is 5.60 Å². The summed E-state index contributed by atoms with van der Waals surface area (Å²) >= 11 is 0. The van der Waals surface area contributed by atoms with E-state index in [1.807, 2.05) is 0 Å². The van der Waals surface area contributed by atoms with Gasteiger partial charge < -0.3 is 10.5 Å². The third kappa shape index (κ3) is 3.83. The fourth-order valence-corrected chi connectivity index (χ4v) is 3.22. The van der Waals surface area contributed by atoms with Crippen molar-refractivity contribution in [3.63, 3.8) is 0 Å². The van der Waals surface area contributed by atoms with Gasteiger partial charge in [-0.25, -0.2) is 0 Å². The highest BCUT2D eigenvalue weighted by molar-refractivity contribution is 5.24. The largest absolute Gasteiger partial charge is 0.369 e. The molecule has 0 saturated heterocycles. The van der Waals surface area contributed by atoms with E-state index in [2.05, 4.69) is 45.0 Å². The average Bonchev–Trinajstić information content (AvgIpc) is 2.45. The van der Waals surface area contributed by atoms with Crippen molar-refractivity contribution < 1.29 is 4.74 Å². The van der Waals surface area contributed by atoms with Crippen molar-refractivity contribution in [3.05, 3.63) is 35.4 Å². The quantitative estimate of drug-likeness (QED) is 0.872. The van der Waals surface area contributed by atoms with Crippen LogP contribution in [0.15, 0.2) is 24.3 Å². The Hall–Kier alpha value is -0.860. The third-order valence-electron chi connectivity index (χ3n) is 4.61. The Morgan fingerprint density at radius 3 is 2.55 bits per heavy atom. The van der Waals surface area contributed by atoms with Crippen LogP contribution in [-0.4, -0.2) is 12.1 Å². The molecule has 112 valence electrons. The lowest BCUT2D eigenvalue weighted by Gasteiger charge is -2.39. The van der Waals surface area contributed by atoms with E-state index in [0.717, 1.165) is 18.8 Å². The molecule has 0 bridgehead atoms. The van der Waals surface area contributed by atoms with Gasteiger partial charge in [-0.1, -0.05) is 57.9 Å². The second-order valence-corrected chi connectivity index (χ2v) is 6.77. The number of rotatable bonds is 5. The van der Waals surface area contributed by atoms with Gasteiger partial charge in [0.2, 0.25) is 0 Å². The molecule has 2 rings (SSSR count). The minimum Gasteiger partial charge on any atom is -0.369 e. The highest BCUT2D eigenvalue weighted by Gasteiger charge is 2.34. The first kappa shape index (κ1) is 15.5. The van der Waals surface area contributed by atoms with Crippen LogP contribution in [0.4, 0.5) is 0 Å². The molecule has 1 aromatic rings. The zero-order valence-electron chi connectivity index (χ0n) is 13.2. The molecule has 0 spiro atoms. The van der Waals surface area contributed by atoms with Crippen LogP contribution in [0.3, 0.4) is 0 Å². The summed E-state index contributed by atoms with van der Waals surface area (Å²) in [5, 5.41) is 0. The first-order valence-electron chi connectivity index (χ1n) is 7.97. The summed E-state index contributed by atoms with van der Waals surface area (Å²) in [6.07, 6.45) is 4.77. The Morgan fingerprint density at radius 1 is 1.30 bits per heavy atom. The standard InChI is InChI=1S/C18H29NO/c1-14(2)17-8-6-16(7-9-17)12-20-18(13-19)10-4-5-15(3)11-18/h6-9,14-15H,4-5,10-13,19H2,1-3H3. The Balaban J connectivity index is 1.96. The highest BCUT2D eigenvalue weighted by atomic mass is 16.5. The maximum atomic E-state index is 6.25.